The van der Waals surface area contributed by atoms with Crippen LogP contribution in [0.4, 0.5) is 0 Å². The normalized spacial score (nSPS) is 46.5. The molecule has 3 fully saturated rings. The van der Waals surface area contributed by atoms with Gasteiger partial charge in [0, 0.05) is 0 Å². The molecule has 4 rings (SSSR count). The van der Waals surface area contributed by atoms with Gasteiger partial charge in [0.2, 0.25) is 0 Å². The van der Waals surface area contributed by atoms with E-state index in [1.165, 1.54) is 57.8 Å². The third-order valence-corrected chi connectivity index (χ3v) is 10.3. The molecular weight excluding hydrogens is 340 g/mol. The van der Waals surface area contributed by atoms with E-state index in [1.807, 2.05) is 5.57 Å². The van der Waals surface area contributed by atoms with Crippen LogP contribution in [0, 0.1) is 46.3 Å². The van der Waals surface area contributed by atoms with Crippen LogP contribution in [0.5, 0.6) is 0 Å². The van der Waals surface area contributed by atoms with Crippen molar-refractivity contribution in [2.24, 2.45) is 46.3 Å². The van der Waals surface area contributed by atoms with Gasteiger partial charge in [-0.1, -0.05) is 65.5 Å². The average molecular weight is 387 g/mol. The van der Waals surface area contributed by atoms with E-state index < -0.39 is 0 Å². The van der Waals surface area contributed by atoms with Crippen molar-refractivity contribution in [2.75, 3.05) is 0 Å². The summed E-state index contributed by atoms with van der Waals surface area (Å²) in [5, 5.41) is 10.2. The van der Waals surface area contributed by atoms with Crippen molar-refractivity contribution in [1.29, 1.82) is 0 Å². The van der Waals surface area contributed by atoms with Gasteiger partial charge < -0.3 is 5.11 Å². The van der Waals surface area contributed by atoms with Crippen molar-refractivity contribution in [3.8, 4) is 0 Å². The maximum Gasteiger partial charge on any atom is 0.0543 e. The van der Waals surface area contributed by atoms with Crippen molar-refractivity contribution in [1.82, 2.24) is 0 Å². The highest BCUT2D eigenvalue weighted by molar-refractivity contribution is 5.27. The molecule has 0 aromatic rings. The monoisotopic (exact) mass is 386 g/mol. The highest BCUT2D eigenvalue weighted by Crippen LogP contribution is 2.66. The second-order valence-electron chi connectivity index (χ2n) is 12.2. The molecule has 28 heavy (non-hydrogen) atoms. The predicted octanol–water partition coefficient (Wildman–Crippen LogP) is 7.39. The molecule has 0 aromatic heterocycles. The van der Waals surface area contributed by atoms with Crippen LogP contribution in [-0.2, 0) is 0 Å². The SMILES string of the molecule is CC(C)CCC[C@@H](C)C1CCC2C3=CC[C@H]4C[C@@H](O)CC[C@]4(C)C3CC[C@@]21C. The first-order chi connectivity index (χ1) is 13.3. The fraction of sp³-hybridized carbons (Fsp3) is 0.926. The van der Waals surface area contributed by atoms with E-state index in [1.54, 1.807) is 0 Å². The topological polar surface area (TPSA) is 20.2 Å². The first kappa shape index (κ1) is 21.0. The van der Waals surface area contributed by atoms with Gasteiger partial charge in [-0.3, -0.25) is 0 Å². The molecule has 0 bridgehead atoms. The Balaban J connectivity index is 1.50. The summed E-state index contributed by atoms with van der Waals surface area (Å²) in [7, 11) is 0. The van der Waals surface area contributed by atoms with Crippen LogP contribution in [0.2, 0.25) is 0 Å². The van der Waals surface area contributed by atoms with E-state index in [0.29, 0.717) is 10.8 Å². The number of allylic oxidation sites excluding steroid dienone is 2. The Kier molecular flexibility index (Phi) is 5.80. The Morgan fingerprint density at radius 3 is 2.43 bits per heavy atom. The molecule has 0 saturated heterocycles. The van der Waals surface area contributed by atoms with Crippen LogP contribution in [0.25, 0.3) is 0 Å². The predicted molar refractivity (Wildman–Crippen MR) is 119 cm³/mol. The molecule has 4 aliphatic rings. The third kappa shape index (κ3) is 3.42. The zero-order valence-electron chi connectivity index (χ0n) is 19.3. The lowest BCUT2D eigenvalue weighted by molar-refractivity contribution is -0.0427. The van der Waals surface area contributed by atoms with Crippen molar-refractivity contribution >= 4 is 0 Å². The largest absolute Gasteiger partial charge is 0.393 e. The summed E-state index contributed by atoms with van der Waals surface area (Å²) in [6.45, 7) is 12.6. The lowest BCUT2D eigenvalue weighted by Gasteiger charge is -2.57. The third-order valence-electron chi connectivity index (χ3n) is 10.3. The molecular formula is C27H46O. The van der Waals surface area contributed by atoms with Crippen LogP contribution in [-0.4, -0.2) is 11.2 Å². The average Bonchev–Trinajstić information content (AvgIpc) is 2.99. The molecule has 0 spiro atoms. The molecule has 8 atom stereocenters. The Morgan fingerprint density at radius 2 is 1.68 bits per heavy atom. The van der Waals surface area contributed by atoms with Crippen molar-refractivity contribution in [3.05, 3.63) is 11.6 Å². The molecule has 0 radical (unpaired) electrons. The van der Waals surface area contributed by atoms with Crippen molar-refractivity contribution < 1.29 is 5.11 Å². The van der Waals surface area contributed by atoms with Gasteiger partial charge in [0.05, 0.1) is 6.10 Å². The van der Waals surface area contributed by atoms with Gasteiger partial charge in [0.15, 0.2) is 0 Å². The summed E-state index contributed by atoms with van der Waals surface area (Å²) in [5.41, 5.74) is 2.89. The van der Waals surface area contributed by atoms with Gasteiger partial charge in [-0.2, -0.15) is 0 Å². The number of aliphatic hydroxyl groups is 1. The smallest absolute Gasteiger partial charge is 0.0543 e. The number of hydrogen-bond donors (Lipinski definition) is 1. The Hall–Kier alpha value is -0.300. The van der Waals surface area contributed by atoms with Crippen molar-refractivity contribution in [2.45, 2.75) is 111 Å². The fourth-order valence-electron chi connectivity index (χ4n) is 8.51. The van der Waals surface area contributed by atoms with Crippen LogP contribution < -0.4 is 0 Å². The van der Waals surface area contributed by atoms with Crippen molar-refractivity contribution in [3.63, 3.8) is 0 Å². The van der Waals surface area contributed by atoms with Gasteiger partial charge in [0.25, 0.3) is 0 Å². The maximum atomic E-state index is 10.2. The molecule has 0 amide bonds. The minimum atomic E-state index is -0.0376. The van der Waals surface area contributed by atoms with Crippen LogP contribution in [0.3, 0.4) is 0 Å². The standard InChI is InChI=1S/C27H46O/c1-18(2)7-6-8-19(3)23-11-12-24-22-10-9-20-17-21(28)13-15-26(20,4)25(22)14-16-27(23,24)5/h10,18-21,23-25,28H,6-9,11-17H2,1-5H3/t19-,20+,21+,23?,24?,25?,26+,27-/m1/s1. The molecule has 1 N–H and O–H groups in total. The molecule has 160 valence electrons. The molecule has 0 aromatic carbocycles. The molecule has 1 heteroatoms. The van der Waals surface area contributed by atoms with E-state index in [4.69, 9.17) is 0 Å². The lowest BCUT2D eigenvalue weighted by atomic mass is 9.47. The lowest BCUT2D eigenvalue weighted by Crippen LogP contribution is -2.49. The highest BCUT2D eigenvalue weighted by Gasteiger charge is 2.58. The van der Waals surface area contributed by atoms with Gasteiger partial charge in [-0.25, -0.2) is 0 Å². The van der Waals surface area contributed by atoms with Gasteiger partial charge in [-0.15, -0.1) is 0 Å². The zero-order valence-corrected chi connectivity index (χ0v) is 19.3. The molecule has 4 aliphatic carbocycles. The number of aliphatic hydroxyl groups excluding tert-OH is 1. The van der Waals surface area contributed by atoms with E-state index in [9.17, 15) is 5.11 Å². The summed E-state index contributed by atoms with van der Waals surface area (Å²) < 4.78 is 0. The first-order valence-corrected chi connectivity index (χ1v) is 12.6. The van der Waals surface area contributed by atoms with E-state index >= 15 is 0 Å². The Morgan fingerprint density at radius 1 is 0.964 bits per heavy atom. The summed E-state index contributed by atoms with van der Waals surface area (Å²) in [5.74, 6) is 5.07. The van der Waals surface area contributed by atoms with Crippen LogP contribution >= 0.6 is 0 Å². The summed E-state index contributed by atoms with van der Waals surface area (Å²) >= 11 is 0. The van der Waals surface area contributed by atoms with Gasteiger partial charge >= 0.3 is 0 Å². The van der Waals surface area contributed by atoms with Gasteiger partial charge in [0.1, 0.15) is 0 Å². The number of fused-ring (bicyclic) bond motifs is 5. The number of rotatable bonds is 5. The second-order valence-corrected chi connectivity index (χ2v) is 12.2. The molecule has 3 unspecified atom stereocenters. The van der Waals surface area contributed by atoms with E-state index in [0.717, 1.165) is 48.3 Å². The quantitative estimate of drug-likeness (QED) is 0.488. The fourth-order valence-corrected chi connectivity index (χ4v) is 8.51. The molecule has 0 aliphatic heterocycles. The molecule has 3 saturated carbocycles. The second kappa shape index (κ2) is 7.75. The van der Waals surface area contributed by atoms with Crippen LogP contribution in [0.1, 0.15) is 105 Å². The number of hydrogen-bond acceptors (Lipinski definition) is 1. The highest BCUT2D eigenvalue weighted by atomic mass is 16.3. The Bertz CT molecular complexity index is 591. The summed E-state index contributed by atoms with van der Waals surface area (Å²) in [4.78, 5) is 0. The van der Waals surface area contributed by atoms with Crippen LogP contribution in [0.15, 0.2) is 11.6 Å². The minimum absolute atomic E-state index is 0.0376. The maximum absolute atomic E-state index is 10.2. The molecule has 1 nitrogen and oxygen atoms in total. The van der Waals surface area contributed by atoms with E-state index in [2.05, 4.69) is 40.7 Å². The molecule has 0 heterocycles. The summed E-state index contributed by atoms with van der Waals surface area (Å²) in [6, 6.07) is 0. The Labute approximate surface area is 174 Å². The van der Waals surface area contributed by atoms with E-state index in [-0.39, 0.29) is 6.10 Å². The first-order valence-electron chi connectivity index (χ1n) is 12.6. The van der Waals surface area contributed by atoms with Gasteiger partial charge in [-0.05, 0) is 97.7 Å². The minimum Gasteiger partial charge on any atom is -0.393 e. The summed E-state index contributed by atoms with van der Waals surface area (Å²) in [6.07, 6.45) is 17.2. The zero-order chi connectivity index (χ0) is 20.1.